The molecule has 0 radical (unpaired) electrons. The van der Waals surface area contributed by atoms with Crippen molar-refractivity contribution in [1.29, 1.82) is 0 Å². The van der Waals surface area contributed by atoms with Crippen LogP contribution in [-0.4, -0.2) is 44.9 Å². The van der Waals surface area contributed by atoms with Gasteiger partial charge in [0.05, 0.1) is 23.5 Å². The van der Waals surface area contributed by atoms with Gasteiger partial charge in [-0.1, -0.05) is 30.3 Å². The molecule has 0 fully saturated rings. The Bertz CT molecular complexity index is 1900. The lowest BCUT2D eigenvalue weighted by atomic mass is 10.1. The first-order valence-electron chi connectivity index (χ1n) is 13.4. The van der Waals surface area contributed by atoms with Gasteiger partial charge in [0.15, 0.2) is 0 Å². The highest BCUT2D eigenvalue weighted by molar-refractivity contribution is 7.10. The number of nitrogens with zero attached hydrogens (tertiary/aromatic N) is 4. The van der Waals surface area contributed by atoms with Gasteiger partial charge in [-0.15, -0.1) is 11.3 Å². The van der Waals surface area contributed by atoms with Gasteiger partial charge >= 0.3 is 0 Å². The SMILES string of the molecule is COCC(=O)Nc1cccc(Nc2nccc(-c3c(-c4cccc(NC(=O)Cc5cccs5)c4)nc4ccccn34)n2)c1. The Morgan fingerprint density at radius 1 is 0.860 bits per heavy atom. The number of imidazole rings is 1. The van der Waals surface area contributed by atoms with Crippen LogP contribution in [0.1, 0.15) is 4.88 Å². The number of rotatable bonds is 10. The summed E-state index contributed by atoms with van der Waals surface area (Å²) in [5.74, 6) is 0.0529. The highest BCUT2D eigenvalue weighted by Gasteiger charge is 2.18. The second kappa shape index (κ2) is 12.6. The zero-order chi connectivity index (χ0) is 29.6. The van der Waals surface area contributed by atoms with Gasteiger partial charge in [-0.2, -0.15) is 0 Å². The lowest BCUT2D eigenvalue weighted by molar-refractivity contribution is -0.119. The summed E-state index contributed by atoms with van der Waals surface area (Å²) in [6.07, 6.45) is 3.94. The number of ether oxygens (including phenoxy) is 1. The van der Waals surface area contributed by atoms with Crippen molar-refractivity contribution in [3.63, 3.8) is 0 Å². The van der Waals surface area contributed by atoms with Crippen LogP contribution >= 0.6 is 11.3 Å². The van der Waals surface area contributed by atoms with Crippen LogP contribution in [-0.2, 0) is 20.7 Å². The van der Waals surface area contributed by atoms with Crippen LogP contribution in [0.3, 0.4) is 0 Å². The molecule has 0 aliphatic heterocycles. The van der Waals surface area contributed by atoms with Gasteiger partial charge in [0.1, 0.15) is 12.3 Å². The van der Waals surface area contributed by atoms with E-state index >= 15 is 0 Å². The number of amides is 2. The minimum Gasteiger partial charge on any atom is -0.375 e. The number of nitrogens with one attached hydrogen (secondary N) is 3. The molecule has 2 aromatic carbocycles. The third kappa shape index (κ3) is 6.58. The largest absolute Gasteiger partial charge is 0.375 e. The predicted molar refractivity (Wildman–Crippen MR) is 169 cm³/mol. The zero-order valence-electron chi connectivity index (χ0n) is 23.2. The number of methoxy groups -OCH3 is 1. The van der Waals surface area contributed by atoms with Crippen molar-refractivity contribution in [3.8, 4) is 22.6 Å². The van der Waals surface area contributed by atoms with E-state index in [0.717, 1.165) is 21.8 Å². The summed E-state index contributed by atoms with van der Waals surface area (Å²) in [5, 5.41) is 11.0. The van der Waals surface area contributed by atoms with Crippen molar-refractivity contribution < 1.29 is 14.3 Å². The Balaban J connectivity index is 1.30. The first-order valence-corrected chi connectivity index (χ1v) is 14.3. The van der Waals surface area contributed by atoms with Crippen LogP contribution < -0.4 is 16.0 Å². The van der Waals surface area contributed by atoms with Crippen molar-refractivity contribution in [1.82, 2.24) is 19.4 Å². The van der Waals surface area contributed by atoms with Gasteiger partial charge in [-0.05, 0) is 60.0 Å². The second-order valence-electron chi connectivity index (χ2n) is 9.58. The minimum atomic E-state index is -0.246. The summed E-state index contributed by atoms with van der Waals surface area (Å²) < 4.78 is 6.87. The fourth-order valence-corrected chi connectivity index (χ4v) is 5.35. The van der Waals surface area contributed by atoms with Crippen molar-refractivity contribution in [2.45, 2.75) is 6.42 Å². The van der Waals surface area contributed by atoms with E-state index in [2.05, 4.69) is 20.9 Å². The number of anilines is 4. The zero-order valence-corrected chi connectivity index (χ0v) is 24.0. The van der Waals surface area contributed by atoms with Crippen LogP contribution in [0.2, 0.25) is 0 Å². The molecule has 214 valence electrons. The van der Waals surface area contributed by atoms with Gasteiger partial charge in [0, 0.05) is 47.0 Å². The Morgan fingerprint density at radius 2 is 1.67 bits per heavy atom. The average Bonchev–Trinajstić information content (AvgIpc) is 3.66. The minimum absolute atomic E-state index is 0.0329. The highest BCUT2D eigenvalue weighted by Crippen LogP contribution is 2.33. The number of carbonyl (C=O) groups excluding carboxylic acids is 2. The summed E-state index contributed by atoms with van der Waals surface area (Å²) >= 11 is 1.56. The van der Waals surface area contributed by atoms with Gasteiger partial charge in [-0.25, -0.2) is 15.0 Å². The second-order valence-corrected chi connectivity index (χ2v) is 10.6. The molecule has 4 heterocycles. The summed E-state index contributed by atoms with van der Waals surface area (Å²) in [7, 11) is 1.47. The van der Waals surface area contributed by atoms with Crippen molar-refractivity contribution in [2.75, 3.05) is 29.7 Å². The highest BCUT2D eigenvalue weighted by atomic mass is 32.1. The summed E-state index contributed by atoms with van der Waals surface area (Å²) in [4.78, 5) is 39.8. The van der Waals surface area contributed by atoms with E-state index in [-0.39, 0.29) is 18.4 Å². The Labute approximate surface area is 251 Å². The molecule has 3 N–H and O–H groups in total. The van der Waals surface area contributed by atoms with Crippen molar-refractivity contribution in [3.05, 3.63) is 108 Å². The van der Waals surface area contributed by atoms with Crippen LogP contribution in [0.15, 0.2) is 103 Å². The van der Waals surface area contributed by atoms with Gasteiger partial charge in [0.25, 0.3) is 0 Å². The third-order valence-corrected chi connectivity index (χ3v) is 7.32. The monoisotopic (exact) mass is 589 g/mol. The van der Waals surface area contributed by atoms with Crippen LogP contribution in [0.5, 0.6) is 0 Å². The summed E-state index contributed by atoms with van der Waals surface area (Å²) in [5.41, 5.74) is 5.75. The number of aromatic nitrogens is 4. The molecule has 10 nitrogen and oxygen atoms in total. The third-order valence-electron chi connectivity index (χ3n) is 6.44. The number of benzene rings is 2. The molecule has 0 unspecified atom stereocenters. The fraction of sp³-hybridized carbons (Fsp3) is 0.0938. The Kier molecular flexibility index (Phi) is 8.16. The first-order chi connectivity index (χ1) is 21.1. The number of hydrogen-bond donors (Lipinski definition) is 3. The smallest absolute Gasteiger partial charge is 0.250 e. The number of carbonyl (C=O) groups is 2. The molecule has 0 spiro atoms. The molecule has 6 aromatic rings. The molecular weight excluding hydrogens is 562 g/mol. The first kappa shape index (κ1) is 27.8. The van der Waals surface area contributed by atoms with Gasteiger partial charge in [-0.3, -0.25) is 14.0 Å². The molecule has 0 atom stereocenters. The number of thiophene rings is 1. The number of fused-ring (bicyclic) bond motifs is 1. The molecule has 6 rings (SSSR count). The Hall–Kier alpha value is -5.39. The molecule has 2 amide bonds. The van der Waals surface area contributed by atoms with E-state index in [9.17, 15) is 9.59 Å². The van der Waals surface area contributed by atoms with E-state index in [1.54, 1.807) is 29.7 Å². The van der Waals surface area contributed by atoms with Crippen LogP contribution in [0.4, 0.5) is 23.0 Å². The van der Waals surface area contributed by atoms with E-state index in [1.165, 1.54) is 7.11 Å². The summed E-state index contributed by atoms with van der Waals surface area (Å²) in [6.45, 7) is -0.0329. The molecule has 0 aliphatic carbocycles. The van der Waals surface area contributed by atoms with Crippen molar-refractivity contribution >= 4 is 51.8 Å². The lowest BCUT2D eigenvalue weighted by Crippen LogP contribution is -2.17. The number of hydrogen-bond acceptors (Lipinski definition) is 8. The van der Waals surface area contributed by atoms with Gasteiger partial charge < -0.3 is 20.7 Å². The molecule has 43 heavy (non-hydrogen) atoms. The topological polar surface area (TPSA) is 123 Å². The van der Waals surface area contributed by atoms with Crippen LogP contribution in [0, 0.1) is 0 Å². The van der Waals surface area contributed by atoms with Crippen LogP contribution in [0.25, 0.3) is 28.3 Å². The van der Waals surface area contributed by atoms with Gasteiger partial charge in [0.2, 0.25) is 17.8 Å². The molecule has 0 bridgehead atoms. The van der Waals surface area contributed by atoms with E-state index in [1.807, 2.05) is 88.8 Å². The average molecular weight is 590 g/mol. The summed E-state index contributed by atoms with van der Waals surface area (Å²) in [6, 6.07) is 26.4. The van der Waals surface area contributed by atoms with E-state index < -0.39 is 0 Å². The maximum Gasteiger partial charge on any atom is 0.250 e. The molecule has 0 saturated heterocycles. The molecular formula is C32H27N7O3S. The maximum atomic E-state index is 12.7. The molecule has 4 aromatic heterocycles. The van der Waals surface area contributed by atoms with E-state index in [4.69, 9.17) is 14.7 Å². The van der Waals surface area contributed by atoms with Crippen molar-refractivity contribution in [2.24, 2.45) is 0 Å². The lowest BCUT2D eigenvalue weighted by Gasteiger charge is -2.11. The molecule has 11 heteroatoms. The maximum absolute atomic E-state index is 12.7. The Morgan fingerprint density at radius 3 is 2.51 bits per heavy atom. The quantitative estimate of drug-likeness (QED) is 0.178. The standard InChI is InChI=1S/C32H27N7O3S/c1-42-20-29(41)35-23-9-5-10-24(18-23)36-32-33-14-13-26(37-32)31-30(38-27-12-2-3-15-39(27)31)21-7-4-8-22(17-21)34-28(40)19-25-11-6-16-43-25/h2-18H,19-20H2,1H3,(H,34,40)(H,35,41)(H,33,36,37). The molecule has 0 aliphatic rings. The fourth-order valence-electron chi connectivity index (χ4n) is 4.65. The normalized spacial score (nSPS) is 10.9. The predicted octanol–water partition coefficient (Wildman–Crippen LogP) is 6.03. The number of pyridine rings is 1. The van der Waals surface area contributed by atoms with E-state index in [0.29, 0.717) is 40.8 Å². The molecule has 0 saturated carbocycles.